The number of aromatic nitrogens is 2. The Morgan fingerprint density at radius 1 is 0.409 bits per heavy atom. The molecule has 8 rings (SSSR count). The maximum atomic E-state index is 5.16. The van der Waals surface area contributed by atoms with Crippen LogP contribution < -0.4 is 0 Å². The third-order valence-electron chi connectivity index (χ3n) is 8.38. The molecule has 0 unspecified atom stereocenters. The van der Waals surface area contributed by atoms with Gasteiger partial charge >= 0.3 is 0 Å². The first-order valence-corrected chi connectivity index (χ1v) is 15.1. The smallest absolute Gasteiger partial charge is 0.160 e. The van der Waals surface area contributed by atoms with E-state index in [9.17, 15) is 0 Å². The van der Waals surface area contributed by atoms with Gasteiger partial charge in [0.15, 0.2) is 5.82 Å². The topological polar surface area (TPSA) is 38.1 Å². The number of hydrogen-bond acceptors (Lipinski definition) is 3. The number of nitrogens with zero attached hydrogens (tertiary/aromatic N) is 3. The van der Waals surface area contributed by atoms with Gasteiger partial charge in [-0.25, -0.2) is 9.97 Å². The summed E-state index contributed by atoms with van der Waals surface area (Å²) < 4.78 is 0. The molecule has 0 radical (unpaired) electrons. The van der Waals surface area contributed by atoms with Gasteiger partial charge in [-0.15, -0.1) is 0 Å². The van der Waals surface area contributed by atoms with Gasteiger partial charge in [0.05, 0.1) is 11.4 Å². The average Bonchev–Trinajstić information content (AvgIpc) is 3.11. The van der Waals surface area contributed by atoms with E-state index in [1.54, 1.807) is 0 Å². The van der Waals surface area contributed by atoms with Crippen LogP contribution in [-0.4, -0.2) is 16.2 Å². The molecular formula is C41H29N3. The molecule has 0 spiro atoms. The zero-order valence-corrected chi connectivity index (χ0v) is 24.2. The zero-order chi connectivity index (χ0) is 29.3. The molecular weight excluding hydrogens is 534 g/mol. The van der Waals surface area contributed by atoms with Gasteiger partial charge in [-0.3, -0.25) is 4.99 Å². The lowest BCUT2D eigenvalue weighted by Crippen LogP contribution is -1.97. The van der Waals surface area contributed by atoms with Crippen LogP contribution in [0.2, 0.25) is 0 Å². The van der Waals surface area contributed by atoms with Crippen molar-refractivity contribution in [2.45, 2.75) is 12.8 Å². The van der Waals surface area contributed by atoms with Crippen molar-refractivity contribution in [2.24, 2.45) is 4.99 Å². The Morgan fingerprint density at radius 2 is 0.955 bits per heavy atom. The molecule has 7 aromatic rings. The minimum Gasteiger partial charge on any atom is -0.269 e. The average molecular weight is 564 g/mol. The lowest BCUT2D eigenvalue weighted by molar-refractivity contribution is 1.10. The minimum atomic E-state index is 0.714. The quantitative estimate of drug-likeness (QED) is 0.209. The molecule has 1 aliphatic rings. The highest BCUT2D eigenvalue weighted by Crippen LogP contribution is 2.33. The summed E-state index contributed by atoms with van der Waals surface area (Å²) in [6.45, 7) is 0. The van der Waals surface area contributed by atoms with Crippen LogP contribution in [0.15, 0.2) is 151 Å². The molecule has 0 aliphatic carbocycles. The number of benzene rings is 6. The molecule has 0 saturated heterocycles. The first kappa shape index (κ1) is 26.0. The van der Waals surface area contributed by atoms with Crippen LogP contribution in [-0.2, 0) is 0 Å². The van der Waals surface area contributed by atoms with E-state index in [-0.39, 0.29) is 0 Å². The van der Waals surface area contributed by atoms with E-state index in [0.717, 1.165) is 46.5 Å². The fraction of sp³-hybridized carbons (Fsp3) is 0.0488. The zero-order valence-electron chi connectivity index (χ0n) is 24.2. The predicted molar refractivity (Wildman–Crippen MR) is 184 cm³/mol. The van der Waals surface area contributed by atoms with Crippen molar-refractivity contribution >= 4 is 33.3 Å². The van der Waals surface area contributed by atoms with Crippen LogP contribution in [0, 0.1) is 0 Å². The van der Waals surface area contributed by atoms with Gasteiger partial charge in [-0.05, 0) is 87.0 Å². The fourth-order valence-electron chi connectivity index (χ4n) is 6.03. The second-order valence-electron chi connectivity index (χ2n) is 11.3. The molecule has 1 aromatic heterocycles. The van der Waals surface area contributed by atoms with E-state index in [1.165, 1.54) is 38.2 Å². The number of fused-ring (bicyclic) bond motifs is 2. The van der Waals surface area contributed by atoms with Crippen LogP contribution >= 0.6 is 0 Å². The Bertz CT molecular complexity index is 2240. The van der Waals surface area contributed by atoms with Gasteiger partial charge in [-0.2, -0.15) is 0 Å². The monoisotopic (exact) mass is 563 g/mol. The molecule has 208 valence electrons. The van der Waals surface area contributed by atoms with E-state index in [0.29, 0.717) is 5.82 Å². The van der Waals surface area contributed by atoms with Crippen molar-refractivity contribution in [3.63, 3.8) is 0 Å². The largest absolute Gasteiger partial charge is 0.269 e. The van der Waals surface area contributed by atoms with Crippen molar-refractivity contribution in [3.05, 3.63) is 151 Å². The molecule has 0 amide bonds. The van der Waals surface area contributed by atoms with Gasteiger partial charge in [0.2, 0.25) is 0 Å². The van der Waals surface area contributed by atoms with Crippen LogP contribution in [0.25, 0.3) is 72.1 Å². The third-order valence-corrected chi connectivity index (χ3v) is 8.38. The first-order valence-electron chi connectivity index (χ1n) is 15.1. The normalized spacial score (nSPS) is 12.9. The van der Waals surface area contributed by atoms with Crippen molar-refractivity contribution < 1.29 is 0 Å². The fourth-order valence-corrected chi connectivity index (χ4v) is 6.03. The summed E-state index contributed by atoms with van der Waals surface area (Å²) in [7, 11) is 0. The molecule has 0 bridgehead atoms. The lowest BCUT2D eigenvalue weighted by atomic mass is 9.97. The molecule has 2 heterocycles. The van der Waals surface area contributed by atoms with Crippen LogP contribution in [0.1, 0.15) is 18.4 Å². The van der Waals surface area contributed by atoms with Gasteiger partial charge < -0.3 is 0 Å². The van der Waals surface area contributed by atoms with Crippen molar-refractivity contribution in [3.8, 4) is 45.0 Å². The van der Waals surface area contributed by atoms with Crippen molar-refractivity contribution in [1.82, 2.24) is 9.97 Å². The highest BCUT2D eigenvalue weighted by molar-refractivity contribution is 5.89. The molecule has 0 N–H and O–H groups in total. The van der Waals surface area contributed by atoms with E-state index < -0.39 is 0 Å². The summed E-state index contributed by atoms with van der Waals surface area (Å²) in [5.74, 6) is 0.714. The highest BCUT2D eigenvalue weighted by Gasteiger charge is 2.14. The Kier molecular flexibility index (Phi) is 6.62. The Hall–Kier alpha value is -5.67. The Morgan fingerprint density at radius 3 is 1.61 bits per heavy atom. The summed E-state index contributed by atoms with van der Waals surface area (Å²) in [6, 6.07) is 49.4. The molecule has 0 atom stereocenters. The lowest BCUT2D eigenvalue weighted by Gasteiger charge is -2.13. The second-order valence-corrected chi connectivity index (χ2v) is 11.3. The number of hydrogen-bond donors (Lipinski definition) is 0. The summed E-state index contributed by atoms with van der Waals surface area (Å²) in [5, 5.41) is 4.85. The molecule has 44 heavy (non-hydrogen) atoms. The summed E-state index contributed by atoms with van der Waals surface area (Å²) in [5.41, 5.74) is 9.70. The predicted octanol–water partition coefficient (Wildman–Crippen LogP) is 10.7. The summed E-state index contributed by atoms with van der Waals surface area (Å²) in [6.07, 6.45) is 5.91. The number of rotatable bonds is 5. The van der Waals surface area contributed by atoms with Crippen LogP contribution in [0.5, 0.6) is 0 Å². The highest BCUT2D eigenvalue weighted by atomic mass is 14.9. The van der Waals surface area contributed by atoms with Crippen molar-refractivity contribution in [1.29, 1.82) is 0 Å². The Labute approximate surface area is 256 Å². The van der Waals surface area contributed by atoms with Gasteiger partial charge in [-0.1, -0.05) is 109 Å². The standard InChI is InChI=1S/C41H29N3/c1-3-10-30-22-34(19-17-28(30)8-1)32-12-5-14-35(23-32)39-26-40(36-15-6-13-33(24-36)38-16-7-21-42-27-38)44-41(43-39)37-20-18-29-9-2-4-11-31(29)25-37/h1-6,8-15,17-27H,7,16H2. The van der Waals surface area contributed by atoms with Gasteiger partial charge in [0.1, 0.15) is 0 Å². The van der Waals surface area contributed by atoms with Gasteiger partial charge in [0, 0.05) is 29.1 Å². The molecule has 1 aliphatic heterocycles. The Balaban J connectivity index is 1.27. The van der Waals surface area contributed by atoms with E-state index >= 15 is 0 Å². The molecule has 3 heteroatoms. The van der Waals surface area contributed by atoms with Crippen LogP contribution in [0.3, 0.4) is 0 Å². The summed E-state index contributed by atoms with van der Waals surface area (Å²) in [4.78, 5) is 14.7. The molecule has 6 aromatic carbocycles. The first-order chi connectivity index (χ1) is 21.8. The molecule has 3 nitrogen and oxygen atoms in total. The van der Waals surface area contributed by atoms with Crippen LogP contribution in [0.4, 0.5) is 0 Å². The number of aliphatic imine (C=N–C) groups is 1. The van der Waals surface area contributed by atoms with E-state index in [1.807, 2.05) is 12.4 Å². The van der Waals surface area contributed by atoms with Gasteiger partial charge in [0.25, 0.3) is 0 Å². The SMILES string of the molecule is C1=NC=C(c2cccc(-c3cc(-c4cccc(-c5ccc6ccccc6c5)c4)nc(-c4ccc5ccccc5c4)n3)c2)CC1. The maximum Gasteiger partial charge on any atom is 0.160 e. The third kappa shape index (κ3) is 5.10. The summed E-state index contributed by atoms with van der Waals surface area (Å²) >= 11 is 0. The maximum absolute atomic E-state index is 5.16. The minimum absolute atomic E-state index is 0.714. The second kappa shape index (κ2) is 11.2. The van der Waals surface area contributed by atoms with E-state index in [2.05, 4.69) is 145 Å². The number of allylic oxidation sites excluding steroid dienone is 1. The molecule has 0 fully saturated rings. The van der Waals surface area contributed by atoms with Crippen molar-refractivity contribution in [2.75, 3.05) is 0 Å². The molecule has 0 saturated carbocycles. The van der Waals surface area contributed by atoms with E-state index in [4.69, 9.17) is 9.97 Å².